The minimum absolute atomic E-state index is 0.0764. The second-order valence-electron chi connectivity index (χ2n) is 5.38. The van der Waals surface area contributed by atoms with Crippen LogP contribution in [0.3, 0.4) is 0 Å². The van der Waals surface area contributed by atoms with E-state index in [1.165, 1.54) is 27.0 Å². The van der Waals surface area contributed by atoms with Gasteiger partial charge in [-0.15, -0.1) is 22.7 Å². The van der Waals surface area contributed by atoms with E-state index in [-0.39, 0.29) is 11.8 Å². The third-order valence-electron chi connectivity index (χ3n) is 3.77. The van der Waals surface area contributed by atoms with Crippen LogP contribution in [0.1, 0.15) is 17.7 Å². The summed E-state index contributed by atoms with van der Waals surface area (Å²) in [6, 6.07) is 3.34. The third-order valence-corrected chi connectivity index (χ3v) is 7.87. The number of nitrogens with one attached hydrogen (secondary N) is 1. The number of carbonyl (C=O) groups excluding carboxylic acids is 1. The molecule has 2 aromatic rings. The summed E-state index contributed by atoms with van der Waals surface area (Å²) in [5.74, 6) is -0.249. The molecule has 1 fully saturated rings. The van der Waals surface area contributed by atoms with Crippen LogP contribution in [-0.4, -0.2) is 36.7 Å². The Kier molecular flexibility index (Phi) is 4.81. The van der Waals surface area contributed by atoms with Crippen LogP contribution in [0.15, 0.2) is 27.9 Å². The second kappa shape index (κ2) is 6.68. The number of aromatic nitrogens is 1. The summed E-state index contributed by atoms with van der Waals surface area (Å²) in [6.07, 6.45) is 2.78. The molecule has 1 saturated heterocycles. The third kappa shape index (κ3) is 3.63. The van der Waals surface area contributed by atoms with Crippen molar-refractivity contribution in [2.24, 2.45) is 5.92 Å². The highest BCUT2D eigenvalue weighted by Crippen LogP contribution is 2.27. The number of sulfonamides is 1. The zero-order valence-corrected chi connectivity index (χ0v) is 15.0. The average Bonchev–Trinajstić information content (AvgIpc) is 3.19. The number of thiazole rings is 1. The molecule has 0 spiro atoms. The lowest BCUT2D eigenvalue weighted by molar-refractivity contribution is -0.120. The van der Waals surface area contributed by atoms with Gasteiger partial charge in [0.15, 0.2) is 5.13 Å². The number of piperidine rings is 1. The van der Waals surface area contributed by atoms with Crippen molar-refractivity contribution < 1.29 is 13.2 Å². The Morgan fingerprint density at radius 2 is 2.13 bits per heavy atom. The van der Waals surface area contributed by atoms with Crippen LogP contribution in [0.4, 0.5) is 5.13 Å². The first-order chi connectivity index (χ1) is 11.0. The molecule has 0 unspecified atom stereocenters. The van der Waals surface area contributed by atoms with Crippen molar-refractivity contribution >= 4 is 43.7 Å². The number of hydrogen-bond acceptors (Lipinski definition) is 6. The predicted octanol–water partition coefficient (Wildman–Crippen LogP) is 2.55. The Balaban J connectivity index is 1.59. The van der Waals surface area contributed by atoms with Crippen LogP contribution in [0.25, 0.3) is 0 Å². The van der Waals surface area contributed by atoms with E-state index < -0.39 is 10.0 Å². The number of carbonyl (C=O) groups is 1. The van der Waals surface area contributed by atoms with E-state index in [2.05, 4.69) is 10.3 Å². The molecule has 0 aromatic carbocycles. The van der Waals surface area contributed by atoms with Crippen molar-refractivity contribution in [1.82, 2.24) is 9.29 Å². The van der Waals surface area contributed by atoms with Crippen molar-refractivity contribution in [2.45, 2.75) is 24.0 Å². The average molecular weight is 372 g/mol. The summed E-state index contributed by atoms with van der Waals surface area (Å²) in [5, 5.41) is 5.17. The number of nitrogens with zero attached hydrogens (tertiary/aromatic N) is 2. The molecule has 23 heavy (non-hydrogen) atoms. The van der Waals surface area contributed by atoms with Crippen LogP contribution < -0.4 is 5.32 Å². The molecular formula is C14H17N3O3S3. The number of thiophene rings is 1. The van der Waals surface area contributed by atoms with Crippen molar-refractivity contribution in [2.75, 3.05) is 18.4 Å². The minimum atomic E-state index is -3.41. The standard InChI is InChI=1S/C14H17N3O3S3/c1-10-9-15-14(22-10)16-13(18)11-4-6-17(7-5-11)23(19,20)12-3-2-8-21-12/h2-3,8-9,11H,4-7H2,1H3,(H,15,16,18). The highest BCUT2D eigenvalue weighted by Gasteiger charge is 2.32. The summed E-state index contributed by atoms with van der Waals surface area (Å²) in [4.78, 5) is 17.4. The smallest absolute Gasteiger partial charge is 0.252 e. The number of anilines is 1. The summed E-state index contributed by atoms with van der Waals surface area (Å²) in [7, 11) is -3.41. The molecule has 0 atom stereocenters. The zero-order valence-electron chi connectivity index (χ0n) is 12.6. The summed E-state index contributed by atoms with van der Waals surface area (Å²) in [5.41, 5.74) is 0. The fourth-order valence-electron chi connectivity index (χ4n) is 2.52. The Morgan fingerprint density at radius 3 is 2.70 bits per heavy atom. The van der Waals surface area contributed by atoms with Gasteiger partial charge < -0.3 is 5.32 Å². The maximum atomic E-state index is 12.4. The van der Waals surface area contributed by atoms with Gasteiger partial charge in [0, 0.05) is 30.1 Å². The van der Waals surface area contributed by atoms with E-state index in [1.807, 2.05) is 6.92 Å². The number of rotatable bonds is 4. The SMILES string of the molecule is Cc1cnc(NC(=O)C2CCN(S(=O)(=O)c3cccs3)CC2)s1. The number of amides is 1. The lowest BCUT2D eigenvalue weighted by Gasteiger charge is -2.29. The van der Waals surface area contributed by atoms with Gasteiger partial charge in [-0.1, -0.05) is 6.07 Å². The molecule has 3 rings (SSSR count). The first-order valence-electron chi connectivity index (χ1n) is 7.24. The molecule has 6 nitrogen and oxygen atoms in total. The van der Waals surface area contributed by atoms with E-state index >= 15 is 0 Å². The highest BCUT2D eigenvalue weighted by atomic mass is 32.2. The fraction of sp³-hybridized carbons (Fsp3) is 0.429. The summed E-state index contributed by atoms with van der Waals surface area (Å²) >= 11 is 2.65. The van der Waals surface area contributed by atoms with Gasteiger partial charge in [0.2, 0.25) is 5.91 Å². The molecule has 0 saturated carbocycles. The van der Waals surface area contributed by atoms with E-state index in [4.69, 9.17) is 0 Å². The Hall–Kier alpha value is -1.29. The van der Waals surface area contributed by atoms with Gasteiger partial charge in [-0.2, -0.15) is 4.31 Å². The Bertz CT molecular complexity index is 775. The van der Waals surface area contributed by atoms with Crippen molar-refractivity contribution in [3.63, 3.8) is 0 Å². The van der Waals surface area contributed by atoms with Crippen LogP contribution >= 0.6 is 22.7 Å². The first-order valence-corrected chi connectivity index (χ1v) is 10.4. The monoisotopic (exact) mass is 371 g/mol. The van der Waals surface area contributed by atoms with Gasteiger partial charge in [-0.25, -0.2) is 13.4 Å². The van der Waals surface area contributed by atoms with Gasteiger partial charge >= 0.3 is 0 Å². The van der Waals surface area contributed by atoms with Gasteiger partial charge in [0.1, 0.15) is 4.21 Å². The zero-order chi connectivity index (χ0) is 16.4. The van der Waals surface area contributed by atoms with E-state index in [0.29, 0.717) is 35.3 Å². The first kappa shape index (κ1) is 16.6. The van der Waals surface area contributed by atoms with E-state index in [0.717, 1.165) is 4.88 Å². The molecule has 1 aliphatic heterocycles. The second-order valence-corrected chi connectivity index (χ2v) is 9.72. The van der Waals surface area contributed by atoms with Gasteiger partial charge in [0.25, 0.3) is 10.0 Å². The van der Waals surface area contributed by atoms with Gasteiger partial charge in [-0.05, 0) is 31.2 Å². The molecule has 1 aliphatic rings. The lowest BCUT2D eigenvalue weighted by Crippen LogP contribution is -2.41. The molecule has 3 heterocycles. The molecule has 0 aliphatic carbocycles. The van der Waals surface area contributed by atoms with Crippen LogP contribution in [0, 0.1) is 12.8 Å². The van der Waals surface area contributed by atoms with Crippen LogP contribution in [0.5, 0.6) is 0 Å². The highest BCUT2D eigenvalue weighted by molar-refractivity contribution is 7.91. The number of aryl methyl sites for hydroxylation is 1. The van der Waals surface area contributed by atoms with Crippen molar-refractivity contribution in [1.29, 1.82) is 0 Å². The van der Waals surface area contributed by atoms with E-state index in [1.54, 1.807) is 23.7 Å². The minimum Gasteiger partial charge on any atom is -0.302 e. The number of hydrogen-bond donors (Lipinski definition) is 1. The van der Waals surface area contributed by atoms with Crippen LogP contribution in [0.2, 0.25) is 0 Å². The Labute approximate surface area is 143 Å². The molecule has 0 bridgehead atoms. The maximum Gasteiger partial charge on any atom is 0.252 e. The maximum absolute atomic E-state index is 12.4. The topological polar surface area (TPSA) is 79.4 Å². The molecule has 1 N–H and O–H groups in total. The fourth-order valence-corrected chi connectivity index (χ4v) is 5.80. The normalized spacial score (nSPS) is 17.3. The van der Waals surface area contributed by atoms with Gasteiger partial charge in [-0.3, -0.25) is 4.79 Å². The molecular weight excluding hydrogens is 354 g/mol. The predicted molar refractivity (Wildman–Crippen MR) is 91.3 cm³/mol. The Morgan fingerprint density at radius 1 is 1.39 bits per heavy atom. The van der Waals surface area contributed by atoms with Crippen LogP contribution in [-0.2, 0) is 14.8 Å². The van der Waals surface area contributed by atoms with Crippen molar-refractivity contribution in [3.8, 4) is 0 Å². The molecule has 1 amide bonds. The van der Waals surface area contributed by atoms with Crippen molar-refractivity contribution in [3.05, 3.63) is 28.6 Å². The molecule has 124 valence electrons. The quantitative estimate of drug-likeness (QED) is 0.896. The largest absolute Gasteiger partial charge is 0.302 e. The molecule has 2 aromatic heterocycles. The summed E-state index contributed by atoms with van der Waals surface area (Å²) < 4.78 is 26.7. The van der Waals surface area contributed by atoms with Gasteiger partial charge in [0.05, 0.1) is 0 Å². The summed E-state index contributed by atoms with van der Waals surface area (Å²) in [6.45, 7) is 2.67. The lowest BCUT2D eigenvalue weighted by atomic mass is 9.97. The van der Waals surface area contributed by atoms with E-state index in [9.17, 15) is 13.2 Å². The molecule has 0 radical (unpaired) electrons. The molecule has 9 heteroatoms.